The first kappa shape index (κ1) is 21.9. The molecule has 3 nitrogen and oxygen atoms in total. The Balaban J connectivity index is 0. The van der Waals surface area contributed by atoms with Gasteiger partial charge in [0, 0.05) is 12.2 Å². The lowest BCUT2D eigenvalue weighted by atomic mass is 10.1. The number of nitrogens with one attached hydrogen (secondary N) is 2. The molecule has 118 valence electrons. The maximum atomic E-state index is 12.7. The summed E-state index contributed by atoms with van der Waals surface area (Å²) >= 11 is 0. The SMILES string of the molecule is Cl.Cl.Cl.FC(F)(F)c1cccnc1NC1CCNCC1. The Morgan fingerprint density at radius 3 is 2.30 bits per heavy atom. The summed E-state index contributed by atoms with van der Waals surface area (Å²) in [6, 6.07) is 2.42. The number of hydrogen-bond donors (Lipinski definition) is 2. The van der Waals surface area contributed by atoms with Crippen molar-refractivity contribution < 1.29 is 13.2 Å². The van der Waals surface area contributed by atoms with Gasteiger partial charge in [-0.25, -0.2) is 4.98 Å². The number of piperidine rings is 1. The summed E-state index contributed by atoms with van der Waals surface area (Å²) in [5.41, 5.74) is -0.696. The Morgan fingerprint density at radius 1 is 1.15 bits per heavy atom. The average Bonchev–Trinajstić information content (AvgIpc) is 2.30. The summed E-state index contributed by atoms with van der Waals surface area (Å²) in [6.07, 6.45) is -1.36. The number of hydrogen-bond acceptors (Lipinski definition) is 3. The van der Waals surface area contributed by atoms with Crippen LogP contribution in [0.4, 0.5) is 19.0 Å². The molecule has 1 aromatic heterocycles. The monoisotopic (exact) mass is 353 g/mol. The average molecular weight is 355 g/mol. The van der Waals surface area contributed by atoms with Crippen LogP contribution in [-0.4, -0.2) is 24.1 Å². The van der Waals surface area contributed by atoms with Crippen LogP contribution in [0.5, 0.6) is 0 Å². The van der Waals surface area contributed by atoms with Crippen molar-refractivity contribution in [2.75, 3.05) is 18.4 Å². The van der Waals surface area contributed by atoms with Crippen LogP contribution in [-0.2, 0) is 6.18 Å². The van der Waals surface area contributed by atoms with Crippen molar-refractivity contribution in [2.45, 2.75) is 25.1 Å². The second kappa shape index (κ2) is 9.50. The number of anilines is 1. The Labute approximate surface area is 134 Å². The topological polar surface area (TPSA) is 37.0 Å². The van der Waals surface area contributed by atoms with Gasteiger partial charge < -0.3 is 10.6 Å². The molecule has 0 spiro atoms. The highest BCUT2D eigenvalue weighted by atomic mass is 35.5. The molecule has 0 radical (unpaired) electrons. The van der Waals surface area contributed by atoms with E-state index in [1.807, 2.05) is 0 Å². The van der Waals surface area contributed by atoms with Gasteiger partial charge in [-0.2, -0.15) is 13.2 Å². The van der Waals surface area contributed by atoms with E-state index >= 15 is 0 Å². The summed E-state index contributed by atoms with van der Waals surface area (Å²) in [7, 11) is 0. The molecule has 1 aliphatic rings. The summed E-state index contributed by atoms with van der Waals surface area (Å²) < 4.78 is 38.1. The van der Waals surface area contributed by atoms with E-state index in [0.717, 1.165) is 32.0 Å². The van der Waals surface area contributed by atoms with Crippen molar-refractivity contribution >= 4 is 43.0 Å². The number of alkyl halides is 3. The van der Waals surface area contributed by atoms with Gasteiger partial charge in [0.25, 0.3) is 0 Å². The molecular formula is C11H17Cl3F3N3. The van der Waals surface area contributed by atoms with Crippen LogP contribution >= 0.6 is 37.2 Å². The Kier molecular flexibility index (Phi) is 10.4. The van der Waals surface area contributed by atoms with Crippen molar-refractivity contribution in [1.82, 2.24) is 10.3 Å². The van der Waals surface area contributed by atoms with E-state index in [-0.39, 0.29) is 49.1 Å². The maximum absolute atomic E-state index is 12.7. The fourth-order valence-corrected chi connectivity index (χ4v) is 1.91. The van der Waals surface area contributed by atoms with E-state index in [9.17, 15) is 13.2 Å². The molecule has 1 fully saturated rings. The van der Waals surface area contributed by atoms with Crippen LogP contribution < -0.4 is 10.6 Å². The molecule has 2 rings (SSSR count). The van der Waals surface area contributed by atoms with E-state index in [2.05, 4.69) is 15.6 Å². The van der Waals surface area contributed by atoms with Crippen LogP contribution in [0, 0.1) is 0 Å². The standard InChI is InChI=1S/C11H14F3N3.3ClH/c12-11(13,14)9-2-1-5-16-10(9)17-8-3-6-15-7-4-8;;;/h1-2,5,8,15H,3-4,6-7H2,(H,16,17);3*1H. The first-order valence-electron chi connectivity index (χ1n) is 5.57. The molecule has 1 aliphatic heterocycles. The van der Waals surface area contributed by atoms with E-state index in [0.29, 0.717) is 0 Å². The molecule has 0 aromatic carbocycles. The predicted molar refractivity (Wildman–Crippen MR) is 80.5 cm³/mol. The largest absolute Gasteiger partial charge is 0.419 e. The molecule has 2 N–H and O–H groups in total. The van der Waals surface area contributed by atoms with Gasteiger partial charge in [-0.05, 0) is 38.1 Å². The molecule has 2 heterocycles. The quantitative estimate of drug-likeness (QED) is 0.853. The predicted octanol–water partition coefficient (Wildman–Crippen LogP) is 3.53. The third-order valence-corrected chi connectivity index (χ3v) is 2.79. The van der Waals surface area contributed by atoms with Crippen molar-refractivity contribution in [3.8, 4) is 0 Å². The molecular weight excluding hydrogens is 337 g/mol. The lowest BCUT2D eigenvalue weighted by molar-refractivity contribution is -0.137. The van der Waals surface area contributed by atoms with Gasteiger partial charge >= 0.3 is 6.18 Å². The summed E-state index contributed by atoms with van der Waals surface area (Å²) in [5.74, 6) is -0.0631. The van der Waals surface area contributed by atoms with Gasteiger partial charge in [-0.3, -0.25) is 0 Å². The molecule has 1 aromatic rings. The van der Waals surface area contributed by atoms with Crippen molar-refractivity contribution in [1.29, 1.82) is 0 Å². The zero-order valence-corrected chi connectivity index (χ0v) is 12.9. The zero-order chi connectivity index (χ0) is 12.3. The minimum atomic E-state index is -4.36. The number of rotatable bonds is 2. The number of nitrogens with zero attached hydrogens (tertiary/aromatic N) is 1. The molecule has 0 saturated carbocycles. The van der Waals surface area contributed by atoms with E-state index in [4.69, 9.17) is 0 Å². The van der Waals surface area contributed by atoms with Crippen molar-refractivity contribution in [2.24, 2.45) is 0 Å². The summed E-state index contributed by atoms with van der Waals surface area (Å²) in [4.78, 5) is 3.79. The summed E-state index contributed by atoms with van der Waals surface area (Å²) in [6.45, 7) is 1.65. The van der Waals surface area contributed by atoms with Gasteiger partial charge in [-0.1, -0.05) is 0 Å². The van der Waals surface area contributed by atoms with Crippen LogP contribution in [0.15, 0.2) is 18.3 Å². The van der Waals surface area contributed by atoms with Gasteiger partial charge in [0.05, 0.1) is 5.56 Å². The van der Waals surface area contributed by atoms with E-state index in [1.54, 1.807) is 0 Å². The number of aromatic nitrogens is 1. The van der Waals surface area contributed by atoms with Crippen LogP contribution in [0.2, 0.25) is 0 Å². The third kappa shape index (κ3) is 5.91. The zero-order valence-electron chi connectivity index (χ0n) is 10.4. The molecule has 20 heavy (non-hydrogen) atoms. The fourth-order valence-electron chi connectivity index (χ4n) is 1.91. The Bertz CT molecular complexity index is 385. The smallest absolute Gasteiger partial charge is 0.367 e. The summed E-state index contributed by atoms with van der Waals surface area (Å²) in [5, 5.41) is 6.05. The van der Waals surface area contributed by atoms with Gasteiger partial charge in [0.15, 0.2) is 0 Å². The molecule has 9 heteroatoms. The van der Waals surface area contributed by atoms with Crippen molar-refractivity contribution in [3.63, 3.8) is 0 Å². The molecule has 0 unspecified atom stereocenters. The molecule has 1 saturated heterocycles. The fraction of sp³-hybridized carbons (Fsp3) is 0.545. The third-order valence-electron chi connectivity index (χ3n) is 2.79. The van der Waals surface area contributed by atoms with Crippen LogP contribution in [0.3, 0.4) is 0 Å². The van der Waals surface area contributed by atoms with Gasteiger partial charge in [0.1, 0.15) is 5.82 Å². The van der Waals surface area contributed by atoms with E-state index < -0.39 is 11.7 Å². The Hall–Kier alpha value is -0.430. The van der Waals surface area contributed by atoms with Gasteiger partial charge in [0.2, 0.25) is 0 Å². The second-order valence-electron chi connectivity index (χ2n) is 4.07. The van der Waals surface area contributed by atoms with Crippen molar-refractivity contribution in [3.05, 3.63) is 23.9 Å². The Morgan fingerprint density at radius 2 is 1.75 bits per heavy atom. The normalized spacial score (nSPS) is 15.3. The van der Waals surface area contributed by atoms with Gasteiger partial charge in [-0.15, -0.1) is 37.2 Å². The lowest BCUT2D eigenvalue weighted by Crippen LogP contribution is -2.36. The minimum Gasteiger partial charge on any atom is -0.367 e. The number of pyridine rings is 1. The lowest BCUT2D eigenvalue weighted by Gasteiger charge is -2.25. The molecule has 0 amide bonds. The highest BCUT2D eigenvalue weighted by Crippen LogP contribution is 2.33. The number of halogens is 6. The first-order chi connectivity index (χ1) is 8.07. The molecule has 0 aliphatic carbocycles. The maximum Gasteiger partial charge on any atom is 0.419 e. The highest BCUT2D eigenvalue weighted by Gasteiger charge is 2.34. The van der Waals surface area contributed by atoms with Crippen LogP contribution in [0.1, 0.15) is 18.4 Å². The first-order valence-corrected chi connectivity index (χ1v) is 5.57. The van der Waals surface area contributed by atoms with E-state index in [1.165, 1.54) is 12.3 Å². The second-order valence-corrected chi connectivity index (χ2v) is 4.07. The molecule has 0 bridgehead atoms. The minimum absolute atomic E-state index is 0. The van der Waals surface area contributed by atoms with Crippen LogP contribution in [0.25, 0.3) is 0 Å². The highest BCUT2D eigenvalue weighted by molar-refractivity contribution is 5.86. The molecule has 0 atom stereocenters.